The Kier molecular flexibility index (Phi) is 8.41. The zero-order valence-electron chi connectivity index (χ0n) is 18.9. The minimum atomic E-state index is -5.07. The first-order valence-corrected chi connectivity index (χ1v) is 11.6. The summed E-state index contributed by atoms with van der Waals surface area (Å²) in [5.74, 6) is -2.78. The lowest BCUT2D eigenvalue weighted by Crippen LogP contribution is -2.31. The summed E-state index contributed by atoms with van der Waals surface area (Å²) in [6, 6.07) is 4.54. The van der Waals surface area contributed by atoms with Crippen LogP contribution in [0.25, 0.3) is 17.2 Å². The van der Waals surface area contributed by atoms with E-state index in [9.17, 15) is 40.7 Å². The molecule has 1 heterocycles. The molecule has 38 heavy (non-hydrogen) atoms. The third-order valence-corrected chi connectivity index (χ3v) is 6.40. The summed E-state index contributed by atoms with van der Waals surface area (Å²) >= 11 is 5.96. The maximum Gasteiger partial charge on any atom is 0.416 e. The van der Waals surface area contributed by atoms with Crippen molar-refractivity contribution >= 4 is 52.2 Å². The van der Waals surface area contributed by atoms with Gasteiger partial charge in [0.2, 0.25) is 5.91 Å². The van der Waals surface area contributed by atoms with Crippen molar-refractivity contribution in [2.24, 2.45) is 5.73 Å². The highest BCUT2D eigenvalue weighted by atomic mass is 32.2. The lowest BCUT2D eigenvalue weighted by atomic mass is 9.97. The number of benzene rings is 2. The second-order valence-electron chi connectivity index (χ2n) is 7.78. The van der Waals surface area contributed by atoms with E-state index in [4.69, 9.17) is 27.8 Å². The molecular formula is C23H16F6N2O5S2. The van der Waals surface area contributed by atoms with E-state index < -0.39 is 53.4 Å². The fourth-order valence-electron chi connectivity index (χ4n) is 3.29. The van der Waals surface area contributed by atoms with E-state index in [2.05, 4.69) is 0 Å². The summed E-state index contributed by atoms with van der Waals surface area (Å²) in [7, 11) is 0. The van der Waals surface area contributed by atoms with Crippen LogP contribution >= 0.6 is 24.0 Å². The Balaban J connectivity index is 2.11. The van der Waals surface area contributed by atoms with Crippen LogP contribution < -0.4 is 10.5 Å². The van der Waals surface area contributed by atoms with E-state index in [-0.39, 0.29) is 45.1 Å². The Labute approximate surface area is 220 Å². The zero-order valence-corrected chi connectivity index (χ0v) is 20.5. The third-order valence-electron chi connectivity index (χ3n) is 5.02. The number of carbonyl (C=O) groups is 3. The maximum atomic E-state index is 13.3. The number of alkyl halides is 6. The SMILES string of the molecule is NC(=O)CCN1C(=O)/C(=C/c2cc(-c3cc(C(F)(F)F)cc(C(F)(F)F)c3)ccc2OCC(=O)O)SC1=S. The van der Waals surface area contributed by atoms with Crippen molar-refractivity contribution in [1.82, 2.24) is 4.90 Å². The number of nitrogens with zero attached hydrogens (tertiary/aromatic N) is 1. The molecule has 0 saturated carbocycles. The number of nitrogens with two attached hydrogens (primary N) is 1. The Morgan fingerprint density at radius 2 is 1.63 bits per heavy atom. The quantitative estimate of drug-likeness (QED) is 0.260. The standard InChI is InChI=1S/C23H16F6N2O5S2/c24-22(25,26)14-6-12(7-15(9-14)23(27,28)29)11-1-2-16(36-10-19(33)34)13(5-11)8-17-20(35)31(21(37)38-17)4-3-18(30)32/h1-2,5-9H,3-4,10H2,(H2,30,32)(H,33,34)/b17-8-. The first-order chi connectivity index (χ1) is 17.6. The van der Waals surface area contributed by atoms with E-state index in [0.29, 0.717) is 12.1 Å². The van der Waals surface area contributed by atoms with Gasteiger partial charge in [-0.05, 0) is 47.5 Å². The largest absolute Gasteiger partial charge is 0.481 e. The first kappa shape index (κ1) is 29.0. The molecule has 0 radical (unpaired) electrons. The van der Waals surface area contributed by atoms with Gasteiger partial charge in [-0.25, -0.2) is 4.79 Å². The molecule has 2 amide bonds. The minimum absolute atomic E-state index is 0.00295. The summed E-state index contributed by atoms with van der Waals surface area (Å²) in [6.07, 6.45) is -9.10. The smallest absolute Gasteiger partial charge is 0.416 e. The van der Waals surface area contributed by atoms with E-state index in [1.165, 1.54) is 6.08 Å². The number of hydrogen-bond acceptors (Lipinski definition) is 6. The second kappa shape index (κ2) is 11.0. The van der Waals surface area contributed by atoms with Crippen LogP contribution in [0, 0.1) is 0 Å². The Morgan fingerprint density at radius 1 is 1.03 bits per heavy atom. The molecule has 15 heteroatoms. The van der Waals surface area contributed by atoms with Crippen molar-refractivity contribution < 1.29 is 50.6 Å². The van der Waals surface area contributed by atoms with Crippen LogP contribution in [-0.2, 0) is 26.7 Å². The van der Waals surface area contributed by atoms with Gasteiger partial charge >= 0.3 is 18.3 Å². The molecule has 0 atom stereocenters. The van der Waals surface area contributed by atoms with Crippen molar-refractivity contribution in [3.8, 4) is 16.9 Å². The minimum Gasteiger partial charge on any atom is -0.481 e. The van der Waals surface area contributed by atoms with Crippen LogP contribution in [0.5, 0.6) is 5.75 Å². The predicted molar refractivity (Wildman–Crippen MR) is 129 cm³/mol. The molecule has 3 N–H and O–H groups in total. The first-order valence-electron chi connectivity index (χ1n) is 10.4. The van der Waals surface area contributed by atoms with Crippen molar-refractivity contribution in [2.45, 2.75) is 18.8 Å². The molecule has 2 aromatic carbocycles. The molecule has 7 nitrogen and oxygen atoms in total. The number of carboxylic acids is 1. The molecule has 0 spiro atoms. The van der Waals surface area contributed by atoms with Crippen molar-refractivity contribution in [1.29, 1.82) is 0 Å². The van der Waals surface area contributed by atoms with Gasteiger partial charge in [0.25, 0.3) is 5.91 Å². The number of primary amides is 1. The Bertz CT molecular complexity index is 1310. The van der Waals surface area contributed by atoms with Crippen molar-refractivity contribution in [3.05, 3.63) is 58.0 Å². The van der Waals surface area contributed by atoms with Gasteiger partial charge < -0.3 is 15.6 Å². The monoisotopic (exact) mass is 578 g/mol. The van der Waals surface area contributed by atoms with Crippen LogP contribution in [0.1, 0.15) is 23.1 Å². The number of ether oxygens (including phenoxy) is 1. The molecule has 3 rings (SSSR count). The van der Waals surface area contributed by atoms with Crippen LogP contribution in [0.4, 0.5) is 26.3 Å². The fraction of sp³-hybridized carbons (Fsp3) is 0.217. The lowest BCUT2D eigenvalue weighted by Gasteiger charge is -2.15. The summed E-state index contributed by atoms with van der Waals surface area (Å²) in [5.41, 5.74) is 1.52. The Hall–Kier alpha value is -3.59. The number of aliphatic carboxylic acids is 1. The van der Waals surface area contributed by atoms with Gasteiger partial charge in [-0.2, -0.15) is 26.3 Å². The van der Waals surface area contributed by atoms with E-state index in [0.717, 1.165) is 34.9 Å². The average Bonchev–Trinajstić information content (AvgIpc) is 3.07. The summed E-state index contributed by atoms with van der Waals surface area (Å²) in [4.78, 5) is 35.9. The summed E-state index contributed by atoms with van der Waals surface area (Å²) in [6.45, 7) is -0.925. The zero-order chi connectivity index (χ0) is 28.4. The molecule has 1 saturated heterocycles. The number of amides is 2. The van der Waals surface area contributed by atoms with Crippen molar-refractivity contribution in [3.63, 3.8) is 0 Å². The maximum absolute atomic E-state index is 13.3. The topological polar surface area (TPSA) is 110 Å². The molecule has 0 aliphatic carbocycles. The Morgan fingerprint density at radius 3 is 2.16 bits per heavy atom. The number of halogens is 6. The molecule has 0 bridgehead atoms. The van der Waals surface area contributed by atoms with E-state index in [1.807, 2.05) is 0 Å². The van der Waals surface area contributed by atoms with Crippen LogP contribution in [0.2, 0.25) is 0 Å². The van der Waals surface area contributed by atoms with Gasteiger partial charge in [-0.3, -0.25) is 14.5 Å². The van der Waals surface area contributed by atoms with E-state index in [1.54, 1.807) is 0 Å². The van der Waals surface area contributed by atoms with Crippen LogP contribution in [0.15, 0.2) is 41.3 Å². The van der Waals surface area contributed by atoms with Gasteiger partial charge in [0.05, 0.1) is 16.0 Å². The van der Waals surface area contributed by atoms with Crippen LogP contribution in [-0.4, -0.2) is 45.3 Å². The molecule has 202 valence electrons. The number of carbonyl (C=O) groups excluding carboxylic acids is 2. The lowest BCUT2D eigenvalue weighted by molar-refractivity contribution is -0.143. The van der Waals surface area contributed by atoms with Crippen molar-refractivity contribution in [2.75, 3.05) is 13.2 Å². The number of rotatable bonds is 8. The third kappa shape index (κ3) is 7.04. The summed E-state index contributed by atoms with van der Waals surface area (Å²) < 4.78 is 85.3. The highest BCUT2D eigenvalue weighted by Gasteiger charge is 2.37. The molecule has 0 aromatic heterocycles. The predicted octanol–water partition coefficient (Wildman–Crippen LogP) is 4.93. The average molecular weight is 579 g/mol. The molecule has 1 aliphatic rings. The molecular weight excluding hydrogens is 562 g/mol. The molecule has 0 unspecified atom stereocenters. The van der Waals surface area contributed by atoms with Gasteiger partial charge in [-0.1, -0.05) is 30.0 Å². The number of thiocarbonyl (C=S) groups is 1. The van der Waals surface area contributed by atoms with Gasteiger partial charge in [0.1, 0.15) is 10.1 Å². The highest BCUT2D eigenvalue weighted by Crippen LogP contribution is 2.40. The fourth-order valence-corrected chi connectivity index (χ4v) is 4.59. The van der Waals surface area contributed by atoms with Gasteiger partial charge in [0.15, 0.2) is 6.61 Å². The van der Waals surface area contributed by atoms with Crippen LogP contribution in [0.3, 0.4) is 0 Å². The van der Waals surface area contributed by atoms with Gasteiger partial charge in [-0.15, -0.1) is 0 Å². The molecule has 1 fully saturated rings. The van der Waals surface area contributed by atoms with E-state index >= 15 is 0 Å². The second-order valence-corrected chi connectivity index (χ2v) is 9.46. The highest BCUT2D eigenvalue weighted by molar-refractivity contribution is 8.26. The number of hydrogen-bond donors (Lipinski definition) is 2. The summed E-state index contributed by atoms with van der Waals surface area (Å²) in [5, 5.41) is 8.94. The van der Waals surface area contributed by atoms with Gasteiger partial charge in [0, 0.05) is 18.5 Å². The molecule has 1 aliphatic heterocycles. The number of carboxylic acid groups (broad SMARTS) is 1. The molecule has 2 aromatic rings. The number of thioether (sulfide) groups is 1. The normalized spacial score (nSPS) is 15.3.